The Morgan fingerprint density at radius 2 is 1.88 bits per heavy atom. The fourth-order valence-corrected chi connectivity index (χ4v) is 2.14. The quantitative estimate of drug-likeness (QED) is 0.463. The third-order valence-electron chi connectivity index (χ3n) is 1.94. The molecule has 16 heavy (non-hydrogen) atoms. The second-order valence-corrected chi connectivity index (χ2v) is 4.92. The standard InChI is InChI=1S/C12H18N2S2/c1-2-8-13-12(15)14-9-10-16-11-6-4-3-5-7-11/h3-7H,2,8-10H2,1H3,(H2,13,14,15). The molecule has 4 heteroatoms. The Kier molecular flexibility index (Phi) is 7.01. The Balaban J connectivity index is 2.06. The van der Waals surface area contributed by atoms with Gasteiger partial charge in [0.1, 0.15) is 0 Å². The molecule has 2 nitrogen and oxygen atoms in total. The molecule has 0 heterocycles. The van der Waals surface area contributed by atoms with E-state index in [0.717, 1.165) is 30.4 Å². The van der Waals surface area contributed by atoms with Crippen LogP contribution in [0.3, 0.4) is 0 Å². The third-order valence-corrected chi connectivity index (χ3v) is 3.24. The Hall–Kier alpha value is -0.740. The molecule has 1 rings (SSSR count). The van der Waals surface area contributed by atoms with Gasteiger partial charge in [0.25, 0.3) is 0 Å². The molecule has 0 aliphatic heterocycles. The van der Waals surface area contributed by atoms with Crippen LogP contribution in [0.5, 0.6) is 0 Å². The van der Waals surface area contributed by atoms with Gasteiger partial charge in [-0.15, -0.1) is 11.8 Å². The van der Waals surface area contributed by atoms with Crippen LogP contribution in [-0.2, 0) is 0 Å². The number of thioether (sulfide) groups is 1. The van der Waals surface area contributed by atoms with Gasteiger partial charge in [-0.2, -0.15) is 0 Å². The van der Waals surface area contributed by atoms with E-state index in [-0.39, 0.29) is 0 Å². The number of benzene rings is 1. The van der Waals surface area contributed by atoms with Crippen LogP contribution in [-0.4, -0.2) is 24.0 Å². The van der Waals surface area contributed by atoms with Crippen molar-refractivity contribution in [1.29, 1.82) is 0 Å². The molecular formula is C12H18N2S2. The summed E-state index contributed by atoms with van der Waals surface area (Å²) in [6.07, 6.45) is 1.10. The molecule has 0 amide bonds. The molecule has 0 radical (unpaired) electrons. The van der Waals surface area contributed by atoms with E-state index in [1.807, 2.05) is 17.8 Å². The maximum atomic E-state index is 5.12. The zero-order chi connectivity index (χ0) is 11.6. The number of hydrogen-bond acceptors (Lipinski definition) is 2. The minimum atomic E-state index is 0.760. The van der Waals surface area contributed by atoms with Crippen LogP contribution in [0, 0.1) is 0 Å². The van der Waals surface area contributed by atoms with Gasteiger partial charge in [-0.25, -0.2) is 0 Å². The first-order valence-electron chi connectivity index (χ1n) is 5.52. The normalized spacial score (nSPS) is 9.81. The maximum Gasteiger partial charge on any atom is 0.166 e. The van der Waals surface area contributed by atoms with Gasteiger partial charge in [-0.1, -0.05) is 25.1 Å². The molecule has 0 aliphatic carbocycles. The predicted octanol–water partition coefficient (Wildman–Crippen LogP) is 2.65. The lowest BCUT2D eigenvalue weighted by atomic mass is 10.4. The molecule has 0 aliphatic rings. The minimum Gasteiger partial charge on any atom is -0.363 e. The highest BCUT2D eigenvalue weighted by Crippen LogP contribution is 2.15. The first-order valence-corrected chi connectivity index (χ1v) is 6.92. The summed E-state index contributed by atoms with van der Waals surface area (Å²) < 4.78 is 0. The third kappa shape index (κ3) is 5.98. The van der Waals surface area contributed by atoms with E-state index in [1.54, 1.807) is 0 Å². The van der Waals surface area contributed by atoms with E-state index in [4.69, 9.17) is 12.2 Å². The zero-order valence-electron chi connectivity index (χ0n) is 9.53. The highest BCUT2D eigenvalue weighted by molar-refractivity contribution is 7.99. The summed E-state index contributed by atoms with van der Waals surface area (Å²) in [6.45, 7) is 3.97. The summed E-state index contributed by atoms with van der Waals surface area (Å²) in [6, 6.07) is 10.4. The Labute approximate surface area is 107 Å². The van der Waals surface area contributed by atoms with Crippen LogP contribution < -0.4 is 10.6 Å². The first-order chi connectivity index (χ1) is 7.83. The number of thiocarbonyl (C=S) groups is 1. The van der Waals surface area contributed by atoms with Crippen LogP contribution in [0.2, 0.25) is 0 Å². The maximum absolute atomic E-state index is 5.12. The largest absolute Gasteiger partial charge is 0.363 e. The summed E-state index contributed by atoms with van der Waals surface area (Å²) in [5.74, 6) is 1.03. The lowest BCUT2D eigenvalue weighted by Crippen LogP contribution is -2.36. The molecule has 0 unspecified atom stereocenters. The second-order valence-electron chi connectivity index (χ2n) is 3.34. The lowest BCUT2D eigenvalue weighted by molar-refractivity contribution is 0.813. The fourth-order valence-electron chi connectivity index (χ4n) is 1.15. The summed E-state index contributed by atoms with van der Waals surface area (Å²) >= 11 is 6.95. The second kappa shape index (κ2) is 8.42. The summed E-state index contributed by atoms with van der Waals surface area (Å²) in [7, 11) is 0. The molecule has 1 aromatic carbocycles. The Morgan fingerprint density at radius 3 is 2.56 bits per heavy atom. The SMILES string of the molecule is CCCNC(=S)NCCSc1ccccc1. The lowest BCUT2D eigenvalue weighted by Gasteiger charge is -2.09. The smallest absolute Gasteiger partial charge is 0.166 e. The molecule has 88 valence electrons. The highest BCUT2D eigenvalue weighted by atomic mass is 32.2. The van der Waals surface area contributed by atoms with Crippen molar-refractivity contribution in [3.05, 3.63) is 30.3 Å². The van der Waals surface area contributed by atoms with Gasteiger partial charge in [0.15, 0.2) is 5.11 Å². The van der Waals surface area contributed by atoms with Gasteiger partial charge in [-0.05, 0) is 30.8 Å². The van der Waals surface area contributed by atoms with E-state index in [9.17, 15) is 0 Å². The number of hydrogen-bond donors (Lipinski definition) is 2. The van der Waals surface area contributed by atoms with Crippen molar-refractivity contribution in [1.82, 2.24) is 10.6 Å². The van der Waals surface area contributed by atoms with Crippen molar-refractivity contribution >= 4 is 29.1 Å². The van der Waals surface area contributed by atoms with Gasteiger partial charge in [0, 0.05) is 23.7 Å². The molecule has 0 aromatic heterocycles. The van der Waals surface area contributed by atoms with Crippen molar-refractivity contribution < 1.29 is 0 Å². The van der Waals surface area contributed by atoms with E-state index in [0.29, 0.717) is 0 Å². The molecule has 0 bridgehead atoms. The summed E-state index contributed by atoms with van der Waals surface area (Å²) in [5.41, 5.74) is 0. The molecule has 0 spiro atoms. The topological polar surface area (TPSA) is 24.1 Å². The molecular weight excluding hydrogens is 236 g/mol. The molecule has 0 atom stereocenters. The summed E-state index contributed by atoms with van der Waals surface area (Å²) in [4.78, 5) is 1.30. The van der Waals surface area contributed by atoms with Crippen LogP contribution in [0.1, 0.15) is 13.3 Å². The molecule has 1 aromatic rings. The van der Waals surface area contributed by atoms with Gasteiger partial charge in [0.05, 0.1) is 0 Å². The van der Waals surface area contributed by atoms with Crippen LogP contribution >= 0.6 is 24.0 Å². The average molecular weight is 254 g/mol. The van der Waals surface area contributed by atoms with Gasteiger partial charge >= 0.3 is 0 Å². The van der Waals surface area contributed by atoms with Crippen molar-refractivity contribution in [3.63, 3.8) is 0 Å². The number of nitrogens with one attached hydrogen (secondary N) is 2. The average Bonchev–Trinajstić information content (AvgIpc) is 2.33. The minimum absolute atomic E-state index is 0.760. The molecule has 0 fully saturated rings. The van der Waals surface area contributed by atoms with E-state index < -0.39 is 0 Å². The van der Waals surface area contributed by atoms with Crippen molar-refractivity contribution in [2.24, 2.45) is 0 Å². The van der Waals surface area contributed by atoms with Crippen LogP contribution in [0.25, 0.3) is 0 Å². The zero-order valence-corrected chi connectivity index (χ0v) is 11.2. The van der Waals surface area contributed by atoms with Crippen LogP contribution in [0.15, 0.2) is 35.2 Å². The Bertz CT molecular complexity index is 301. The summed E-state index contributed by atoms with van der Waals surface area (Å²) in [5, 5.41) is 7.09. The van der Waals surface area contributed by atoms with Crippen molar-refractivity contribution in [2.75, 3.05) is 18.8 Å². The fraction of sp³-hybridized carbons (Fsp3) is 0.417. The first kappa shape index (κ1) is 13.3. The van der Waals surface area contributed by atoms with E-state index in [1.165, 1.54) is 4.90 Å². The molecule has 0 saturated heterocycles. The number of rotatable bonds is 6. The molecule has 2 N–H and O–H groups in total. The van der Waals surface area contributed by atoms with Gasteiger partial charge in [0.2, 0.25) is 0 Å². The van der Waals surface area contributed by atoms with E-state index >= 15 is 0 Å². The predicted molar refractivity (Wildman–Crippen MR) is 76.1 cm³/mol. The highest BCUT2D eigenvalue weighted by Gasteiger charge is 1.94. The van der Waals surface area contributed by atoms with Crippen molar-refractivity contribution in [2.45, 2.75) is 18.2 Å². The van der Waals surface area contributed by atoms with E-state index in [2.05, 4.69) is 41.8 Å². The van der Waals surface area contributed by atoms with Crippen molar-refractivity contribution in [3.8, 4) is 0 Å². The molecule has 0 saturated carbocycles. The monoisotopic (exact) mass is 254 g/mol. The van der Waals surface area contributed by atoms with Gasteiger partial charge < -0.3 is 10.6 Å². The Morgan fingerprint density at radius 1 is 1.19 bits per heavy atom. The van der Waals surface area contributed by atoms with Crippen LogP contribution in [0.4, 0.5) is 0 Å². The van der Waals surface area contributed by atoms with Gasteiger partial charge in [-0.3, -0.25) is 0 Å².